The van der Waals surface area contributed by atoms with Gasteiger partial charge >= 0.3 is 11.9 Å². The Balaban J connectivity index is 1.81. The van der Waals surface area contributed by atoms with Crippen LogP contribution in [0.1, 0.15) is 57.2 Å². The van der Waals surface area contributed by atoms with Crippen LogP contribution in [0, 0.1) is 0 Å². The molecule has 14 heteroatoms. The zero-order chi connectivity index (χ0) is 32.1. The van der Waals surface area contributed by atoms with Gasteiger partial charge in [0.25, 0.3) is 11.1 Å². The largest absolute Gasteiger partial charge is 0.506 e. The van der Waals surface area contributed by atoms with Crippen LogP contribution in [0.2, 0.25) is 0 Å². The van der Waals surface area contributed by atoms with Crippen molar-refractivity contribution in [3.05, 3.63) is 78.9 Å². The number of nitrogens with one attached hydrogen (secondary N) is 2. The van der Waals surface area contributed by atoms with E-state index in [9.17, 15) is 29.4 Å². The van der Waals surface area contributed by atoms with Gasteiger partial charge in [0.2, 0.25) is 0 Å². The monoisotopic (exact) mass is 624 g/mol. The van der Waals surface area contributed by atoms with E-state index >= 15 is 0 Å². The minimum absolute atomic E-state index is 0.0102. The highest BCUT2D eigenvalue weighted by Crippen LogP contribution is 2.42. The number of hydrogen-bond acceptors (Lipinski definition) is 12. The van der Waals surface area contributed by atoms with Gasteiger partial charge in [-0.3, -0.25) is 9.59 Å². The molecule has 0 saturated carbocycles. The molecule has 45 heavy (non-hydrogen) atoms. The highest BCUT2D eigenvalue weighted by atomic mass is 16.5. The van der Waals surface area contributed by atoms with E-state index in [4.69, 9.17) is 18.9 Å². The van der Waals surface area contributed by atoms with Crippen LogP contribution in [0.3, 0.4) is 0 Å². The van der Waals surface area contributed by atoms with Crippen molar-refractivity contribution in [2.45, 2.75) is 19.8 Å². The van der Waals surface area contributed by atoms with Crippen LogP contribution in [0.4, 0.5) is 11.6 Å². The van der Waals surface area contributed by atoms with E-state index in [1.54, 1.807) is 54.0 Å². The number of esters is 2. The van der Waals surface area contributed by atoms with E-state index in [0.29, 0.717) is 58.2 Å². The van der Waals surface area contributed by atoms with Crippen molar-refractivity contribution in [3.8, 4) is 11.5 Å². The lowest BCUT2D eigenvalue weighted by Gasteiger charge is -2.31. The van der Waals surface area contributed by atoms with Crippen molar-refractivity contribution in [1.82, 2.24) is 9.97 Å². The molecule has 5 rings (SSSR count). The van der Waals surface area contributed by atoms with Crippen molar-refractivity contribution in [2.24, 2.45) is 0 Å². The van der Waals surface area contributed by atoms with Gasteiger partial charge in [-0.1, -0.05) is 30.3 Å². The topological polar surface area (TPSA) is 184 Å². The fraction of sp³-hybridized carbons (Fsp3) is 0.419. The van der Waals surface area contributed by atoms with Gasteiger partial charge in [-0.15, -0.1) is 0 Å². The molecular weight excluding hydrogens is 588 g/mol. The number of hydrogen-bond donors (Lipinski definition) is 4. The van der Waals surface area contributed by atoms with Crippen molar-refractivity contribution in [3.63, 3.8) is 0 Å². The number of carbonyl (C=O) groups is 2. The Morgan fingerprint density at radius 1 is 0.756 bits per heavy atom. The van der Waals surface area contributed by atoms with Gasteiger partial charge in [0, 0.05) is 26.2 Å². The number of aromatic amines is 2. The summed E-state index contributed by atoms with van der Waals surface area (Å²) in [6.07, 6.45) is 0. The zero-order valence-corrected chi connectivity index (χ0v) is 25.1. The first kappa shape index (κ1) is 31.6. The molecule has 0 radical (unpaired) electrons. The fourth-order valence-corrected chi connectivity index (χ4v) is 5.68. The summed E-state index contributed by atoms with van der Waals surface area (Å²) in [5, 5.41) is 23.6. The smallest absolute Gasteiger partial charge is 0.345 e. The van der Waals surface area contributed by atoms with E-state index in [2.05, 4.69) is 9.97 Å². The third kappa shape index (κ3) is 6.24. The summed E-state index contributed by atoms with van der Waals surface area (Å²) >= 11 is 0. The second kappa shape index (κ2) is 13.9. The lowest BCUT2D eigenvalue weighted by atomic mass is 9.83. The number of nitrogens with zero attached hydrogens (tertiary/aromatic N) is 2. The van der Waals surface area contributed by atoms with Crippen molar-refractivity contribution in [1.29, 1.82) is 0 Å². The van der Waals surface area contributed by atoms with E-state index < -0.39 is 51.6 Å². The van der Waals surface area contributed by atoms with Crippen LogP contribution < -0.4 is 20.9 Å². The molecule has 0 aliphatic carbocycles. The zero-order valence-electron chi connectivity index (χ0n) is 25.1. The van der Waals surface area contributed by atoms with Gasteiger partial charge in [0.05, 0.1) is 56.7 Å². The Hall–Kier alpha value is -4.82. The third-order valence-corrected chi connectivity index (χ3v) is 7.73. The number of carbonyl (C=O) groups excluding carboxylic acids is 2. The highest BCUT2D eigenvalue weighted by molar-refractivity contribution is 5.99. The van der Waals surface area contributed by atoms with Crippen LogP contribution in [-0.2, 0) is 18.9 Å². The summed E-state index contributed by atoms with van der Waals surface area (Å²) in [6, 6.07) is 8.22. The molecule has 2 aromatic heterocycles. The van der Waals surface area contributed by atoms with Crippen LogP contribution in [0.25, 0.3) is 0 Å². The molecule has 4 N–H and O–H groups in total. The first-order valence-electron chi connectivity index (χ1n) is 14.8. The van der Waals surface area contributed by atoms with Crippen molar-refractivity contribution < 1.29 is 38.7 Å². The Bertz CT molecular complexity index is 1550. The SMILES string of the molecule is CCOC(=O)c1c(N2CCOCC2)[nH]c(=O)c(C(c2ccccc2)c2c(O)c(C(=O)OCC)c(N3CCOCC3)[nH]c2=O)c1O. The maximum atomic E-state index is 13.9. The highest BCUT2D eigenvalue weighted by Gasteiger charge is 2.37. The Morgan fingerprint density at radius 3 is 1.53 bits per heavy atom. The minimum atomic E-state index is -1.43. The molecule has 240 valence electrons. The molecule has 0 atom stereocenters. The van der Waals surface area contributed by atoms with Gasteiger partial charge in [-0.2, -0.15) is 0 Å². The number of aromatic hydroxyl groups is 2. The third-order valence-electron chi connectivity index (χ3n) is 7.73. The van der Waals surface area contributed by atoms with Gasteiger partial charge in [0.15, 0.2) is 0 Å². The first-order valence-corrected chi connectivity index (χ1v) is 14.8. The van der Waals surface area contributed by atoms with Crippen LogP contribution in [0.15, 0.2) is 39.9 Å². The maximum absolute atomic E-state index is 13.9. The molecule has 0 bridgehead atoms. The number of anilines is 2. The number of morpholine rings is 2. The maximum Gasteiger partial charge on any atom is 0.345 e. The van der Waals surface area contributed by atoms with E-state index in [-0.39, 0.29) is 36.0 Å². The van der Waals surface area contributed by atoms with Crippen molar-refractivity contribution in [2.75, 3.05) is 75.6 Å². The van der Waals surface area contributed by atoms with Gasteiger partial charge in [0.1, 0.15) is 34.3 Å². The second-order valence-corrected chi connectivity index (χ2v) is 10.4. The lowest BCUT2D eigenvalue weighted by molar-refractivity contribution is 0.0512. The molecule has 14 nitrogen and oxygen atoms in total. The molecule has 2 aliphatic rings. The molecule has 0 spiro atoms. The normalized spacial score (nSPS) is 15.3. The number of aromatic nitrogens is 2. The molecule has 2 aliphatic heterocycles. The average molecular weight is 625 g/mol. The molecule has 2 saturated heterocycles. The lowest BCUT2D eigenvalue weighted by Crippen LogP contribution is -2.40. The summed E-state index contributed by atoms with van der Waals surface area (Å²) in [5.74, 6) is -4.58. The number of rotatable bonds is 9. The Morgan fingerprint density at radius 2 is 1.16 bits per heavy atom. The second-order valence-electron chi connectivity index (χ2n) is 10.4. The van der Waals surface area contributed by atoms with E-state index in [0.717, 1.165) is 0 Å². The summed E-state index contributed by atoms with van der Waals surface area (Å²) in [6.45, 7) is 5.82. The number of ether oxygens (including phenoxy) is 4. The quantitative estimate of drug-likeness (QED) is 0.253. The summed E-state index contributed by atoms with van der Waals surface area (Å²) in [4.78, 5) is 63.3. The van der Waals surface area contributed by atoms with Gasteiger partial charge < -0.3 is 48.9 Å². The minimum Gasteiger partial charge on any atom is -0.506 e. The summed E-state index contributed by atoms with van der Waals surface area (Å²) in [7, 11) is 0. The molecule has 0 unspecified atom stereocenters. The predicted molar refractivity (Wildman–Crippen MR) is 163 cm³/mol. The Labute approximate surface area is 258 Å². The van der Waals surface area contributed by atoms with E-state index in [1.807, 2.05) is 0 Å². The van der Waals surface area contributed by atoms with Crippen LogP contribution in [0.5, 0.6) is 11.5 Å². The molecule has 4 heterocycles. The molecule has 0 amide bonds. The first-order chi connectivity index (χ1) is 21.8. The van der Waals surface area contributed by atoms with Gasteiger partial charge in [-0.25, -0.2) is 9.59 Å². The molecule has 2 fully saturated rings. The Kier molecular flexibility index (Phi) is 9.74. The van der Waals surface area contributed by atoms with Crippen LogP contribution in [-0.4, -0.2) is 97.9 Å². The summed E-state index contributed by atoms with van der Waals surface area (Å²) in [5.41, 5.74) is -2.70. The van der Waals surface area contributed by atoms with Gasteiger partial charge in [-0.05, 0) is 19.4 Å². The van der Waals surface area contributed by atoms with E-state index in [1.165, 1.54) is 0 Å². The standard InChI is InChI=1S/C31H36N4O10/c1-3-44-30(40)22-24(36)20(28(38)32-26(22)34-10-14-42-15-11-34)19(18-8-6-5-7-9-18)21-25(37)23(31(41)45-4-2)27(33-29(21)39)35-12-16-43-17-13-35/h5-9,19H,3-4,10-17H2,1-2H3,(H2,32,36,38)(H2,33,37,39). The molecular formula is C31H36N4O10. The fourth-order valence-electron chi connectivity index (χ4n) is 5.68. The number of pyridine rings is 2. The van der Waals surface area contributed by atoms with Crippen molar-refractivity contribution >= 4 is 23.6 Å². The molecule has 3 aromatic rings. The average Bonchev–Trinajstić information content (AvgIpc) is 3.04. The number of H-pyrrole nitrogens is 2. The predicted octanol–water partition coefficient (Wildman–Crippen LogP) is 1.68. The molecule has 1 aromatic carbocycles. The number of benzene rings is 1. The van der Waals surface area contributed by atoms with Crippen LogP contribution >= 0.6 is 0 Å². The summed E-state index contributed by atoms with van der Waals surface area (Å²) < 4.78 is 21.3.